The van der Waals surface area contributed by atoms with Crippen molar-refractivity contribution < 1.29 is 12.8 Å². The van der Waals surface area contributed by atoms with E-state index in [2.05, 4.69) is 15.9 Å². The fourth-order valence-electron chi connectivity index (χ4n) is 1.56. The Labute approximate surface area is 123 Å². The van der Waals surface area contributed by atoms with Crippen LogP contribution >= 0.6 is 27.3 Å². The molecule has 0 aliphatic rings. The van der Waals surface area contributed by atoms with Gasteiger partial charge in [-0.2, -0.15) is 4.31 Å². The van der Waals surface area contributed by atoms with Crippen molar-refractivity contribution in [2.75, 3.05) is 7.05 Å². The standard InChI is InChI=1S/C12H11BrFNO2S2/c1-15(7-10-6-9(13)8-18-10)19(16,17)12-5-3-2-4-11(12)14/h2-6,8H,7H2,1H3. The molecule has 1 aromatic heterocycles. The number of hydrogen-bond acceptors (Lipinski definition) is 3. The third kappa shape index (κ3) is 3.22. The number of benzene rings is 1. The summed E-state index contributed by atoms with van der Waals surface area (Å²) in [5, 5.41) is 1.87. The highest BCUT2D eigenvalue weighted by Crippen LogP contribution is 2.24. The van der Waals surface area contributed by atoms with Crippen molar-refractivity contribution in [1.29, 1.82) is 0 Å². The lowest BCUT2D eigenvalue weighted by Crippen LogP contribution is -2.26. The van der Waals surface area contributed by atoms with Crippen molar-refractivity contribution in [2.24, 2.45) is 0 Å². The van der Waals surface area contributed by atoms with Gasteiger partial charge in [0.2, 0.25) is 10.0 Å². The Kier molecular flexibility index (Phi) is 4.39. The van der Waals surface area contributed by atoms with Gasteiger partial charge in [0.15, 0.2) is 0 Å². The van der Waals surface area contributed by atoms with Crippen molar-refractivity contribution in [1.82, 2.24) is 4.31 Å². The van der Waals surface area contributed by atoms with Crippen molar-refractivity contribution in [2.45, 2.75) is 11.4 Å². The monoisotopic (exact) mass is 363 g/mol. The average molecular weight is 364 g/mol. The average Bonchev–Trinajstić information content (AvgIpc) is 2.75. The van der Waals surface area contributed by atoms with Crippen LogP contribution in [0, 0.1) is 5.82 Å². The second kappa shape index (κ2) is 5.70. The zero-order valence-electron chi connectivity index (χ0n) is 10.0. The minimum atomic E-state index is -3.81. The lowest BCUT2D eigenvalue weighted by atomic mass is 10.4. The lowest BCUT2D eigenvalue weighted by molar-refractivity contribution is 0.462. The van der Waals surface area contributed by atoms with Gasteiger partial charge in [0.1, 0.15) is 10.7 Å². The number of nitrogens with zero attached hydrogens (tertiary/aromatic N) is 1. The highest BCUT2D eigenvalue weighted by molar-refractivity contribution is 9.10. The molecule has 0 aliphatic carbocycles. The molecule has 3 nitrogen and oxygen atoms in total. The van der Waals surface area contributed by atoms with Gasteiger partial charge in [-0.15, -0.1) is 11.3 Å². The first-order valence-corrected chi connectivity index (χ1v) is 8.46. The minimum absolute atomic E-state index is 0.215. The molecule has 1 heterocycles. The van der Waals surface area contributed by atoms with E-state index in [1.807, 2.05) is 11.4 Å². The molecule has 0 radical (unpaired) electrons. The third-order valence-electron chi connectivity index (χ3n) is 2.53. The number of thiophene rings is 1. The van der Waals surface area contributed by atoms with E-state index in [4.69, 9.17) is 0 Å². The molecule has 0 aliphatic heterocycles. The van der Waals surface area contributed by atoms with E-state index in [1.54, 1.807) is 0 Å². The molecule has 0 amide bonds. The van der Waals surface area contributed by atoms with E-state index < -0.39 is 15.8 Å². The second-order valence-corrected chi connectivity index (χ2v) is 7.85. The van der Waals surface area contributed by atoms with Crippen LogP contribution in [0.3, 0.4) is 0 Å². The molecular weight excluding hydrogens is 353 g/mol. The maximum absolute atomic E-state index is 13.6. The fraction of sp³-hybridized carbons (Fsp3) is 0.167. The largest absolute Gasteiger partial charge is 0.246 e. The first-order valence-electron chi connectivity index (χ1n) is 5.35. The number of rotatable bonds is 4. The molecule has 19 heavy (non-hydrogen) atoms. The zero-order chi connectivity index (χ0) is 14.0. The molecule has 7 heteroatoms. The Morgan fingerprint density at radius 1 is 1.37 bits per heavy atom. The molecule has 0 atom stereocenters. The Morgan fingerprint density at radius 3 is 2.63 bits per heavy atom. The number of halogens is 2. The summed E-state index contributed by atoms with van der Waals surface area (Å²) in [4.78, 5) is 0.586. The summed E-state index contributed by atoms with van der Waals surface area (Å²) in [5.74, 6) is -0.735. The van der Waals surface area contributed by atoms with Gasteiger partial charge < -0.3 is 0 Å². The number of sulfonamides is 1. The fourth-order valence-corrected chi connectivity index (χ4v) is 4.36. The molecule has 0 saturated carbocycles. The molecule has 102 valence electrons. The molecule has 0 fully saturated rings. The van der Waals surface area contributed by atoms with Crippen LogP contribution in [-0.4, -0.2) is 19.8 Å². The van der Waals surface area contributed by atoms with E-state index in [-0.39, 0.29) is 11.4 Å². The first-order chi connectivity index (χ1) is 8.91. The summed E-state index contributed by atoms with van der Waals surface area (Å²) in [7, 11) is -2.37. The molecule has 1 aromatic carbocycles. The van der Waals surface area contributed by atoms with Gasteiger partial charge in [-0.25, -0.2) is 12.8 Å². The highest BCUT2D eigenvalue weighted by Gasteiger charge is 2.24. The van der Waals surface area contributed by atoms with Gasteiger partial charge in [0.25, 0.3) is 0 Å². The van der Waals surface area contributed by atoms with Crippen LogP contribution in [0.4, 0.5) is 4.39 Å². The summed E-state index contributed by atoms with van der Waals surface area (Å²) < 4.78 is 40.1. The van der Waals surface area contributed by atoms with E-state index >= 15 is 0 Å². The lowest BCUT2D eigenvalue weighted by Gasteiger charge is -2.16. The molecule has 0 spiro atoms. The summed E-state index contributed by atoms with van der Waals surface area (Å²) in [6, 6.07) is 7.22. The van der Waals surface area contributed by atoms with Crippen molar-refractivity contribution in [3.8, 4) is 0 Å². The van der Waals surface area contributed by atoms with E-state index in [0.717, 1.165) is 19.7 Å². The normalized spacial score (nSPS) is 12.0. The summed E-state index contributed by atoms with van der Waals surface area (Å²) >= 11 is 4.76. The summed E-state index contributed by atoms with van der Waals surface area (Å²) in [6.07, 6.45) is 0. The molecule has 0 N–H and O–H groups in total. The van der Waals surface area contributed by atoms with Gasteiger partial charge in [-0.05, 0) is 34.1 Å². The third-order valence-corrected chi connectivity index (χ3v) is 6.04. The molecule has 0 saturated heterocycles. The molecule has 0 unspecified atom stereocenters. The van der Waals surface area contributed by atoms with Gasteiger partial charge >= 0.3 is 0 Å². The molecule has 2 rings (SSSR count). The Bertz CT molecular complexity index is 685. The first kappa shape index (κ1) is 14.6. The Hall–Kier alpha value is -0.760. The Balaban J connectivity index is 2.27. The second-order valence-electron chi connectivity index (χ2n) is 3.92. The summed E-state index contributed by atoms with van der Waals surface area (Å²) in [6.45, 7) is 0.215. The SMILES string of the molecule is CN(Cc1cc(Br)cs1)S(=O)(=O)c1ccccc1F. The maximum Gasteiger partial charge on any atom is 0.246 e. The minimum Gasteiger partial charge on any atom is -0.207 e. The van der Waals surface area contributed by atoms with E-state index in [0.29, 0.717) is 0 Å². The van der Waals surface area contributed by atoms with Gasteiger partial charge in [-0.1, -0.05) is 12.1 Å². The van der Waals surface area contributed by atoms with Crippen LogP contribution in [0.15, 0.2) is 45.1 Å². The highest BCUT2D eigenvalue weighted by atomic mass is 79.9. The van der Waals surface area contributed by atoms with Crippen LogP contribution in [0.2, 0.25) is 0 Å². The topological polar surface area (TPSA) is 37.4 Å². The van der Waals surface area contributed by atoms with Gasteiger partial charge in [0, 0.05) is 28.3 Å². The molecular formula is C12H11BrFNO2S2. The van der Waals surface area contributed by atoms with Crippen LogP contribution < -0.4 is 0 Å². The zero-order valence-corrected chi connectivity index (χ0v) is 13.2. The smallest absolute Gasteiger partial charge is 0.207 e. The maximum atomic E-state index is 13.6. The number of hydrogen-bond donors (Lipinski definition) is 0. The van der Waals surface area contributed by atoms with Crippen LogP contribution in [0.5, 0.6) is 0 Å². The Morgan fingerprint density at radius 2 is 2.05 bits per heavy atom. The van der Waals surface area contributed by atoms with Crippen LogP contribution in [0.1, 0.15) is 4.88 Å². The predicted octanol–water partition coefficient (Wildman–Crippen LogP) is 3.47. The van der Waals surface area contributed by atoms with Crippen molar-refractivity contribution >= 4 is 37.3 Å². The van der Waals surface area contributed by atoms with Crippen molar-refractivity contribution in [3.05, 3.63) is 50.9 Å². The van der Waals surface area contributed by atoms with Crippen LogP contribution in [-0.2, 0) is 16.6 Å². The van der Waals surface area contributed by atoms with Gasteiger partial charge in [-0.3, -0.25) is 0 Å². The van der Waals surface area contributed by atoms with Crippen molar-refractivity contribution in [3.63, 3.8) is 0 Å². The molecule has 0 bridgehead atoms. The van der Waals surface area contributed by atoms with E-state index in [1.165, 1.54) is 36.6 Å². The van der Waals surface area contributed by atoms with Crippen LogP contribution in [0.25, 0.3) is 0 Å². The predicted molar refractivity (Wildman–Crippen MR) is 77.1 cm³/mol. The summed E-state index contributed by atoms with van der Waals surface area (Å²) in [5.41, 5.74) is 0. The van der Waals surface area contributed by atoms with Gasteiger partial charge in [0.05, 0.1) is 0 Å². The molecule has 2 aromatic rings. The van der Waals surface area contributed by atoms with E-state index in [9.17, 15) is 12.8 Å². The quantitative estimate of drug-likeness (QED) is 0.833.